The molecule has 0 spiro atoms. The topological polar surface area (TPSA) is 75.3 Å². The Morgan fingerprint density at radius 3 is 2.25 bits per heavy atom. The Labute approximate surface area is 171 Å². The zero-order valence-corrected chi connectivity index (χ0v) is 17.5. The molecule has 1 saturated heterocycles. The Morgan fingerprint density at radius 2 is 1.71 bits per heavy atom. The zero-order valence-electron chi connectivity index (χ0n) is 15.9. The Morgan fingerprint density at radius 1 is 1.07 bits per heavy atom. The third-order valence-electron chi connectivity index (χ3n) is 7.44. The van der Waals surface area contributed by atoms with Crippen LogP contribution in [0.3, 0.4) is 0 Å². The first-order chi connectivity index (χ1) is 13.3. The van der Waals surface area contributed by atoms with Crippen molar-refractivity contribution < 1.29 is 13.2 Å². The van der Waals surface area contributed by atoms with E-state index in [9.17, 15) is 13.2 Å². The number of carbonyl (C=O) groups is 1. The summed E-state index contributed by atoms with van der Waals surface area (Å²) in [6.07, 6.45) is 8.52. The number of carbonyl (C=O) groups excluding carboxylic acids is 1. The van der Waals surface area contributed by atoms with Crippen LogP contribution in [0, 0.1) is 17.8 Å². The predicted octanol–water partition coefficient (Wildman–Crippen LogP) is 4.12. The fourth-order valence-electron chi connectivity index (χ4n) is 6.66. The molecule has 5 fully saturated rings. The first-order valence-electron chi connectivity index (χ1n) is 10.4. The third-order valence-corrected chi connectivity index (χ3v) is 9.52. The van der Waals surface area contributed by atoms with Crippen molar-refractivity contribution in [2.75, 3.05) is 16.8 Å². The molecular weight excluding hydrogens is 396 g/mol. The Bertz CT molecular complexity index is 879. The van der Waals surface area contributed by atoms with Crippen molar-refractivity contribution in [2.45, 2.75) is 56.4 Å². The van der Waals surface area contributed by atoms with E-state index in [1.807, 2.05) is 12.1 Å². The van der Waals surface area contributed by atoms with Crippen LogP contribution >= 0.6 is 11.6 Å². The fraction of sp³-hybridized carbons (Fsp3) is 0.667. The monoisotopic (exact) mass is 422 g/mol. The number of rotatable bonds is 3. The standard InChI is InChI=1S/C21H27ClN2O3S/c22-18-8-16(21-9-13-5-14(10-21)7-15(6-13)11-21)1-2-19(18)24-20(25)23-17-3-4-28(26,27)12-17/h1-2,8,13-15,17H,3-7,9-12H2,(H2,23,24,25). The van der Waals surface area contributed by atoms with Crippen LogP contribution in [-0.4, -0.2) is 32.0 Å². The fourth-order valence-corrected chi connectivity index (χ4v) is 8.56. The Balaban J connectivity index is 1.29. The Hall–Kier alpha value is -1.27. The molecule has 6 rings (SSSR count). The van der Waals surface area contributed by atoms with Gasteiger partial charge in [-0.05, 0) is 85.8 Å². The summed E-state index contributed by atoms with van der Waals surface area (Å²) < 4.78 is 23.1. The normalized spacial score (nSPS) is 37.8. The van der Waals surface area contributed by atoms with Gasteiger partial charge in [0.05, 0.1) is 22.2 Å². The van der Waals surface area contributed by atoms with Crippen molar-refractivity contribution in [3.05, 3.63) is 28.8 Å². The van der Waals surface area contributed by atoms with Gasteiger partial charge in [-0.1, -0.05) is 17.7 Å². The summed E-state index contributed by atoms with van der Waals surface area (Å²) in [4.78, 5) is 12.3. The van der Waals surface area contributed by atoms with Crippen LogP contribution in [0.25, 0.3) is 0 Å². The maximum absolute atomic E-state index is 12.3. The van der Waals surface area contributed by atoms with Gasteiger partial charge in [-0.3, -0.25) is 0 Å². The van der Waals surface area contributed by atoms with Crippen molar-refractivity contribution in [3.8, 4) is 0 Å². The lowest BCUT2D eigenvalue weighted by Gasteiger charge is -2.57. The Kier molecular flexibility index (Phi) is 4.43. The van der Waals surface area contributed by atoms with Crippen molar-refractivity contribution in [1.29, 1.82) is 0 Å². The minimum absolute atomic E-state index is 0.0130. The molecule has 1 aliphatic heterocycles. The summed E-state index contributed by atoms with van der Waals surface area (Å²) in [6.45, 7) is 0. The van der Waals surface area contributed by atoms with Gasteiger partial charge in [0.15, 0.2) is 9.84 Å². The summed E-state index contributed by atoms with van der Waals surface area (Å²) in [5.74, 6) is 2.77. The number of sulfone groups is 1. The van der Waals surface area contributed by atoms with Gasteiger partial charge in [0.1, 0.15) is 0 Å². The molecule has 5 nitrogen and oxygen atoms in total. The number of nitrogens with one attached hydrogen (secondary N) is 2. The van der Waals surface area contributed by atoms with Gasteiger partial charge < -0.3 is 10.6 Å². The number of hydrogen-bond acceptors (Lipinski definition) is 3. The molecule has 1 atom stereocenters. The molecule has 4 aliphatic carbocycles. The molecule has 7 heteroatoms. The molecule has 1 heterocycles. The van der Waals surface area contributed by atoms with Gasteiger partial charge in [-0.25, -0.2) is 13.2 Å². The molecule has 2 amide bonds. The zero-order chi connectivity index (χ0) is 19.5. The van der Waals surface area contributed by atoms with Crippen LogP contribution in [0.2, 0.25) is 5.02 Å². The summed E-state index contributed by atoms with van der Waals surface area (Å²) in [7, 11) is -3.02. The molecule has 4 saturated carbocycles. The van der Waals surface area contributed by atoms with Crippen molar-refractivity contribution >= 4 is 33.2 Å². The predicted molar refractivity (Wildman–Crippen MR) is 111 cm³/mol. The highest BCUT2D eigenvalue weighted by molar-refractivity contribution is 7.91. The lowest BCUT2D eigenvalue weighted by molar-refractivity contribution is -0.00517. The highest BCUT2D eigenvalue weighted by Gasteiger charge is 2.51. The van der Waals surface area contributed by atoms with Crippen LogP contribution in [0.4, 0.5) is 10.5 Å². The smallest absolute Gasteiger partial charge is 0.319 e. The van der Waals surface area contributed by atoms with Gasteiger partial charge in [0, 0.05) is 6.04 Å². The van der Waals surface area contributed by atoms with Gasteiger partial charge in [-0.15, -0.1) is 0 Å². The molecule has 2 N–H and O–H groups in total. The second-order valence-electron chi connectivity index (χ2n) is 9.59. The molecule has 0 aromatic heterocycles. The van der Waals surface area contributed by atoms with E-state index in [2.05, 4.69) is 16.7 Å². The summed E-state index contributed by atoms with van der Waals surface area (Å²) in [5, 5.41) is 6.09. The SMILES string of the molecule is O=C(Nc1ccc(C23CC4CC(CC(C4)C2)C3)cc1Cl)NC1CCS(=O)(=O)C1. The minimum atomic E-state index is -3.02. The summed E-state index contributed by atoms with van der Waals surface area (Å²) in [5.41, 5.74) is 2.18. The van der Waals surface area contributed by atoms with E-state index >= 15 is 0 Å². The van der Waals surface area contributed by atoms with E-state index in [4.69, 9.17) is 11.6 Å². The van der Waals surface area contributed by atoms with Crippen molar-refractivity contribution in [1.82, 2.24) is 5.32 Å². The quantitative estimate of drug-likeness (QED) is 0.769. The molecular formula is C21H27ClN2O3S. The van der Waals surface area contributed by atoms with E-state index in [-0.39, 0.29) is 23.0 Å². The van der Waals surface area contributed by atoms with E-state index in [1.165, 1.54) is 44.1 Å². The number of anilines is 1. The van der Waals surface area contributed by atoms with Crippen molar-refractivity contribution in [2.24, 2.45) is 17.8 Å². The van der Waals surface area contributed by atoms with Crippen LogP contribution in [-0.2, 0) is 15.3 Å². The molecule has 5 aliphatic rings. The van der Waals surface area contributed by atoms with E-state index in [0.29, 0.717) is 17.1 Å². The van der Waals surface area contributed by atoms with E-state index in [1.54, 1.807) is 0 Å². The second kappa shape index (κ2) is 6.63. The van der Waals surface area contributed by atoms with E-state index < -0.39 is 15.9 Å². The molecule has 1 aromatic rings. The van der Waals surface area contributed by atoms with E-state index in [0.717, 1.165) is 17.8 Å². The minimum Gasteiger partial charge on any atom is -0.334 e. The second-order valence-corrected chi connectivity index (χ2v) is 12.2. The van der Waals surface area contributed by atoms with Gasteiger partial charge in [0.2, 0.25) is 0 Å². The third kappa shape index (κ3) is 3.43. The van der Waals surface area contributed by atoms with Gasteiger partial charge in [-0.2, -0.15) is 0 Å². The molecule has 4 bridgehead atoms. The maximum Gasteiger partial charge on any atom is 0.319 e. The lowest BCUT2D eigenvalue weighted by Crippen LogP contribution is -2.48. The molecule has 28 heavy (non-hydrogen) atoms. The number of hydrogen-bond donors (Lipinski definition) is 2. The maximum atomic E-state index is 12.3. The van der Waals surface area contributed by atoms with Gasteiger partial charge >= 0.3 is 6.03 Å². The van der Waals surface area contributed by atoms with Gasteiger partial charge in [0.25, 0.3) is 0 Å². The van der Waals surface area contributed by atoms with Crippen LogP contribution in [0.15, 0.2) is 18.2 Å². The van der Waals surface area contributed by atoms with Crippen LogP contribution < -0.4 is 10.6 Å². The highest BCUT2D eigenvalue weighted by atomic mass is 35.5. The first-order valence-corrected chi connectivity index (χ1v) is 12.6. The lowest BCUT2D eigenvalue weighted by atomic mass is 9.48. The number of halogens is 1. The van der Waals surface area contributed by atoms with Crippen LogP contribution in [0.5, 0.6) is 0 Å². The van der Waals surface area contributed by atoms with Crippen molar-refractivity contribution in [3.63, 3.8) is 0 Å². The number of urea groups is 1. The number of amides is 2. The average molecular weight is 423 g/mol. The average Bonchev–Trinajstić information content (AvgIpc) is 2.94. The molecule has 1 aromatic carbocycles. The first kappa shape index (κ1) is 18.7. The number of benzene rings is 1. The highest BCUT2D eigenvalue weighted by Crippen LogP contribution is 2.60. The van der Waals surface area contributed by atoms with Crippen LogP contribution in [0.1, 0.15) is 50.5 Å². The summed E-state index contributed by atoms with van der Waals surface area (Å²) >= 11 is 6.54. The summed E-state index contributed by atoms with van der Waals surface area (Å²) in [6, 6.07) is 5.36. The largest absolute Gasteiger partial charge is 0.334 e. The molecule has 152 valence electrons. The molecule has 0 radical (unpaired) electrons. The molecule has 1 unspecified atom stereocenters.